The van der Waals surface area contributed by atoms with Gasteiger partial charge in [0.25, 0.3) is 0 Å². The summed E-state index contributed by atoms with van der Waals surface area (Å²) in [5, 5.41) is 0. The molecule has 0 bridgehead atoms. The summed E-state index contributed by atoms with van der Waals surface area (Å²) in [6, 6.07) is 2.81. The van der Waals surface area contributed by atoms with Crippen LogP contribution in [0.1, 0.15) is 50.5 Å². The molecule has 1 aromatic rings. The molecule has 0 amide bonds. The molecular weight excluding hydrogens is 342 g/mol. The molecule has 4 fully saturated rings. The minimum Gasteiger partial charge on any atom is -0.462 e. The SMILES string of the molecule is O=CCC12COC3(c4cc(F)c(F)c(OC5CCCCO5)c4)CCC13C2. The van der Waals surface area contributed by atoms with E-state index in [9.17, 15) is 13.6 Å². The van der Waals surface area contributed by atoms with E-state index < -0.39 is 23.5 Å². The minimum absolute atomic E-state index is 0.107. The van der Waals surface area contributed by atoms with Gasteiger partial charge in [-0.05, 0) is 49.8 Å². The third kappa shape index (κ3) is 1.97. The van der Waals surface area contributed by atoms with Gasteiger partial charge in [-0.3, -0.25) is 0 Å². The number of carbonyl (C=O) groups excluding carboxylic acids is 1. The Morgan fingerprint density at radius 2 is 2.15 bits per heavy atom. The first-order valence-electron chi connectivity index (χ1n) is 9.41. The zero-order valence-corrected chi connectivity index (χ0v) is 14.6. The fourth-order valence-electron chi connectivity index (χ4n) is 5.59. The fourth-order valence-corrected chi connectivity index (χ4v) is 5.59. The normalized spacial score (nSPS) is 40.3. The third-order valence-corrected chi connectivity index (χ3v) is 7.13. The monoisotopic (exact) mass is 364 g/mol. The van der Waals surface area contributed by atoms with E-state index in [1.54, 1.807) is 6.07 Å². The molecule has 2 saturated heterocycles. The van der Waals surface area contributed by atoms with Crippen LogP contribution in [-0.2, 0) is 19.9 Å². The Balaban J connectivity index is 1.48. The molecule has 4 aliphatic rings. The zero-order chi connectivity index (χ0) is 18.0. The van der Waals surface area contributed by atoms with Gasteiger partial charge in [-0.15, -0.1) is 0 Å². The summed E-state index contributed by atoms with van der Waals surface area (Å²) in [7, 11) is 0. The van der Waals surface area contributed by atoms with Crippen LogP contribution in [0.5, 0.6) is 5.75 Å². The van der Waals surface area contributed by atoms with Crippen LogP contribution in [-0.4, -0.2) is 25.8 Å². The summed E-state index contributed by atoms with van der Waals surface area (Å²) in [5.41, 5.74) is -0.218. The number of rotatable bonds is 5. The maximum Gasteiger partial charge on any atom is 0.200 e. The van der Waals surface area contributed by atoms with Gasteiger partial charge in [0.15, 0.2) is 17.9 Å². The highest BCUT2D eigenvalue weighted by Crippen LogP contribution is 2.86. The molecule has 140 valence electrons. The van der Waals surface area contributed by atoms with Crippen molar-refractivity contribution < 1.29 is 27.8 Å². The molecule has 4 atom stereocenters. The summed E-state index contributed by atoms with van der Waals surface area (Å²) in [4.78, 5) is 11.1. The molecule has 0 radical (unpaired) electrons. The van der Waals surface area contributed by atoms with Crippen LogP contribution in [0.3, 0.4) is 0 Å². The Kier molecular flexibility index (Phi) is 3.51. The van der Waals surface area contributed by atoms with Gasteiger partial charge >= 0.3 is 0 Å². The molecule has 2 aliphatic carbocycles. The van der Waals surface area contributed by atoms with Crippen LogP contribution in [0.25, 0.3) is 0 Å². The van der Waals surface area contributed by atoms with Crippen LogP contribution in [0.2, 0.25) is 0 Å². The summed E-state index contributed by atoms with van der Waals surface area (Å²) in [6.07, 6.45) is 6.08. The predicted octanol–water partition coefficient (Wildman–Crippen LogP) is 3.86. The minimum atomic E-state index is -0.986. The van der Waals surface area contributed by atoms with Crippen molar-refractivity contribution in [1.82, 2.24) is 0 Å². The van der Waals surface area contributed by atoms with E-state index in [-0.39, 0.29) is 16.6 Å². The molecule has 2 aliphatic heterocycles. The average molecular weight is 364 g/mol. The lowest BCUT2D eigenvalue weighted by atomic mass is 9.60. The van der Waals surface area contributed by atoms with E-state index in [1.165, 1.54) is 6.07 Å². The molecule has 2 saturated carbocycles. The lowest BCUT2D eigenvalue weighted by Crippen LogP contribution is -2.46. The second kappa shape index (κ2) is 5.49. The van der Waals surface area contributed by atoms with Gasteiger partial charge in [-0.1, -0.05) is 0 Å². The first kappa shape index (κ1) is 16.6. The third-order valence-electron chi connectivity index (χ3n) is 7.13. The van der Waals surface area contributed by atoms with Crippen LogP contribution >= 0.6 is 0 Å². The second-order valence-electron chi connectivity index (χ2n) is 8.21. The van der Waals surface area contributed by atoms with Crippen molar-refractivity contribution >= 4 is 6.29 Å². The van der Waals surface area contributed by atoms with Gasteiger partial charge < -0.3 is 19.0 Å². The van der Waals surface area contributed by atoms with Crippen molar-refractivity contribution in [3.05, 3.63) is 29.3 Å². The Morgan fingerprint density at radius 3 is 2.85 bits per heavy atom. The molecular formula is C20H22F2O4. The standard InChI is InChI=1S/C20H22F2O4/c21-14-9-13(10-15(17(14)22)26-16-3-1-2-8-24-16)20-5-4-19(20)11-18(19,6-7-23)12-25-20/h7,9-10,16H,1-6,8,11-12H2. The van der Waals surface area contributed by atoms with E-state index in [0.29, 0.717) is 31.6 Å². The Hall–Kier alpha value is -1.53. The van der Waals surface area contributed by atoms with Crippen LogP contribution in [0.4, 0.5) is 8.78 Å². The van der Waals surface area contributed by atoms with Gasteiger partial charge in [-0.25, -0.2) is 4.39 Å². The molecule has 2 heterocycles. The summed E-state index contributed by atoms with van der Waals surface area (Å²) in [5.74, 6) is -2.03. The number of aldehydes is 1. The smallest absolute Gasteiger partial charge is 0.200 e. The van der Waals surface area contributed by atoms with E-state index in [2.05, 4.69) is 0 Å². The predicted molar refractivity (Wildman–Crippen MR) is 87.6 cm³/mol. The number of hydrogen-bond donors (Lipinski definition) is 0. The van der Waals surface area contributed by atoms with Crippen LogP contribution in [0.15, 0.2) is 12.1 Å². The van der Waals surface area contributed by atoms with E-state index in [1.807, 2.05) is 0 Å². The average Bonchev–Trinajstić information content (AvgIpc) is 3.27. The fraction of sp³-hybridized carbons (Fsp3) is 0.650. The summed E-state index contributed by atoms with van der Waals surface area (Å²) < 4.78 is 45.9. The zero-order valence-electron chi connectivity index (χ0n) is 14.6. The highest BCUT2D eigenvalue weighted by atomic mass is 19.2. The van der Waals surface area contributed by atoms with Crippen molar-refractivity contribution in [2.75, 3.05) is 13.2 Å². The number of hydrogen-bond acceptors (Lipinski definition) is 4. The molecule has 4 unspecified atom stereocenters. The number of benzene rings is 1. The molecule has 0 aromatic heterocycles. The first-order chi connectivity index (χ1) is 12.6. The molecule has 5 rings (SSSR count). The number of carbonyl (C=O) groups is 1. The van der Waals surface area contributed by atoms with Crippen LogP contribution < -0.4 is 4.74 Å². The molecule has 6 heteroatoms. The molecule has 1 spiro atoms. The number of ether oxygens (including phenoxy) is 3. The quantitative estimate of drug-likeness (QED) is 0.745. The van der Waals surface area contributed by atoms with Crippen molar-refractivity contribution in [2.24, 2.45) is 10.8 Å². The van der Waals surface area contributed by atoms with Crippen molar-refractivity contribution in [1.29, 1.82) is 0 Å². The van der Waals surface area contributed by atoms with Crippen molar-refractivity contribution in [3.63, 3.8) is 0 Å². The largest absolute Gasteiger partial charge is 0.462 e. The molecule has 4 nitrogen and oxygen atoms in total. The summed E-state index contributed by atoms with van der Waals surface area (Å²) in [6.45, 7) is 1.07. The Labute approximate surface area is 150 Å². The maximum absolute atomic E-state index is 14.3. The van der Waals surface area contributed by atoms with E-state index in [0.717, 1.165) is 38.4 Å². The van der Waals surface area contributed by atoms with Crippen molar-refractivity contribution in [2.45, 2.75) is 56.8 Å². The van der Waals surface area contributed by atoms with Crippen molar-refractivity contribution in [3.8, 4) is 5.75 Å². The van der Waals surface area contributed by atoms with Gasteiger partial charge in [0.2, 0.25) is 5.82 Å². The van der Waals surface area contributed by atoms with Gasteiger partial charge in [0.05, 0.1) is 18.8 Å². The highest BCUT2D eigenvalue weighted by Gasteiger charge is 2.85. The van der Waals surface area contributed by atoms with E-state index in [4.69, 9.17) is 14.2 Å². The maximum atomic E-state index is 14.3. The Bertz CT molecular complexity index is 758. The van der Waals surface area contributed by atoms with Gasteiger partial charge in [-0.2, -0.15) is 4.39 Å². The molecule has 1 aromatic carbocycles. The van der Waals surface area contributed by atoms with Crippen LogP contribution in [0, 0.1) is 22.5 Å². The lowest BCUT2D eigenvalue weighted by molar-refractivity contribution is -0.126. The Morgan fingerprint density at radius 1 is 1.27 bits per heavy atom. The second-order valence-corrected chi connectivity index (χ2v) is 8.21. The first-order valence-corrected chi connectivity index (χ1v) is 9.41. The van der Waals surface area contributed by atoms with Gasteiger partial charge in [0.1, 0.15) is 6.29 Å². The molecule has 0 N–H and O–H groups in total. The highest BCUT2D eigenvalue weighted by molar-refractivity contribution is 5.56. The topological polar surface area (TPSA) is 44.8 Å². The summed E-state index contributed by atoms with van der Waals surface area (Å²) >= 11 is 0. The van der Waals surface area contributed by atoms with E-state index >= 15 is 0 Å². The number of halogens is 2. The van der Waals surface area contributed by atoms with Gasteiger partial charge in [0, 0.05) is 23.7 Å². The lowest BCUT2D eigenvalue weighted by Gasteiger charge is -2.48. The molecule has 26 heavy (non-hydrogen) atoms.